The highest BCUT2D eigenvalue weighted by atomic mass is 16.5. The maximum atomic E-state index is 13.1. The molecule has 6 nitrogen and oxygen atoms in total. The molecule has 2 aromatic rings. The lowest BCUT2D eigenvalue weighted by Gasteiger charge is -2.25. The van der Waals surface area contributed by atoms with Gasteiger partial charge < -0.3 is 19.5 Å². The molecule has 0 radical (unpaired) electrons. The SMILES string of the molecule is CCN(CC)C(=O)c1cc(-c2cn(CC3CCOCC3)c(C(C)(C)C)n2)ccc1NC. The fourth-order valence-corrected chi connectivity index (χ4v) is 4.28. The van der Waals surface area contributed by atoms with Crippen LogP contribution in [0.4, 0.5) is 5.69 Å². The molecule has 1 amide bonds. The second kappa shape index (κ2) is 9.86. The number of aromatic nitrogens is 2. The third kappa shape index (κ3) is 5.29. The van der Waals surface area contributed by atoms with Crippen molar-refractivity contribution < 1.29 is 9.53 Å². The number of nitrogens with zero attached hydrogens (tertiary/aromatic N) is 3. The van der Waals surface area contributed by atoms with Crippen LogP contribution in [0.1, 0.15) is 63.6 Å². The number of nitrogens with one attached hydrogen (secondary N) is 1. The first-order chi connectivity index (χ1) is 14.8. The zero-order valence-electron chi connectivity index (χ0n) is 20.0. The fraction of sp³-hybridized carbons (Fsp3) is 0.600. The Morgan fingerprint density at radius 3 is 2.48 bits per heavy atom. The van der Waals surface area contributed by atoms with Crippen LogP contribution < -0.4 is 5.32 Å². The van der Waals surface area contributed by atoms with Crippen LogP contribution in [0.2, 0.25) is 0 Å². The minimum atomic E-state index is -0.0613. The van der Waals surface area contributed by atoms with Crippen LogP contribution >= 0.6 is 0 Å². The van der Waals surface area contributed by atoms with Gasteiger partial charge in [0.2, 0.25) is 0 Å². The molecule has 0 bridgehead atoms. The molecule has 170 valence electrons. The summed E-state index contributed by atoms with van der Waals surface area (Å²) in [4.78, 5) is 20.0. The summed E-state index contributed by atoms with van der Waals surface area (Å²) in [5.41, 5.74) is 3.38. The Labute approximate surface area is 187 Å². The van der Waals surface area contributed by atoms with Crippen LogP contribution in [-0.2, 0) is 16.7 Å². The highest BCUT2D eigenvalue weighted by Gasteiger charge is 2.25. The normalized spacial score (nSPS) is 15.2. The number of hydrogen-bond donors (Lipinski definition) is 1. The molecule has 2 heterocycles. The van der Waals surface area contributed by atoms with Crippen molar-refractivity contribution in [3.63, 3.8) is 0 Å². The van der Waals surface area contributed by atoms with E-state index in [1.165, 1.54) is 0 Å². The summed E-state index contributed by atoms with van der Waals surface area (Å²) >= 11 is 0. The topological polar surface area (TPSA) is 59.4 Å². The van der Waals surface area contributed by atoms with Gasteiger partial charge in [0.05, 0.1) is 11.3 Å². The molecule has 0 atom stereocenters. The third-order valence-corrected chi connectivity index (χ3v) is 6.11. The first-order valence-electron chi connectivity index (χ1n) is 11.5. The van der Waals surface area contributed by atoms with Crippen molar-refractivity contribution in [3.05, 3.63) is 35.8 Å². The standard InChI is InChI=1S/C25H38N4O2/c1-7-28(8-2)23(30)20-15-19(9-10-21(20)26-6)22-17-29(24(27-22)25(3,4)5)16-18-11-13-31-14-12-18/h9-10,15,17-18,26H,7-8,11-14,16H2,1-6H3. The average molecular weight is 427 g/mol. The second-order valence-electron chi connectivity index (χ2n) is 9.40. The van der Waals surface area contributed by atoms with Crippen LogP contribution in [0, 0.1) is 5.92 Å². The Bertz CT molecular complexity index is 887. The fourth-order valence-electron chi connectivity index (χ4n) is 4.28. The molecule has 1 aliphatic heterocycles. The molecule has 0 saturated carbocycles. The van der Waals surface area contributed by atoms with E-state index in [2.05, 4.69) is 42.9 Å². The molecule has 1 aromatic heterocycles. The van der Waals surface area contributed by atoms with Crippen LogP contribution in [0.3, 0.4) is 0 Å². The second-order valence-corrected chi connectivity index (χ2v) is 9.40. The van der Waals surface area contributed by atoms with E-state index in [1.54, 1.807) is 0 Å². The summed E-state index contributed by atoms with van der Waals surface area (Å²) < 4.78 is 7.86. The van der Waals surface area contributed by atoms with E-state index in [0.717, 1.165) is 55.4 Å². The first kappa shape index (κ1) is 23.3. The van der Waals surface area contributed by atoms with Crippen molar-refractivity contribution >= 4 is 11.6 Å². The number of carbonyl (C=O) groups is 1. The molecule has 1 fully saturated rings. The molecule has 3 rings (SSSR count). The van der Waals surface area contributed by atoms with Crippen LogP contribution in [0.5, 0.6) is 0 Å². The molecular weight excluding hydrogens is 388 g/mol. The van der Waals surface area contributed by atoms with Gasteiger partial charge in [0.25, 0.3) is 5.91 Å². The van der Waals surface area contributed by atoms with Crippen LogP contribution in [0.25, 0.3) is 11.3 Å². The van der Waals surface area contributed by atoms with Gasteiger partial charge in [0.1, 0.15) is 5.82 Å². The molecule has 6 heteroatoms. The van der Waals surface area contributed by atoms with E-state index in [9.17, 15) is 4.79 Å². The van der Waals surface area contributed by atoms with Gasteiger partial charge >= 0.3 is 0 Å². The van der Waals surface area contributed by atoms with E-state index in [1.807, 2.05) is 37.9 Å². The quantitative estimate of drug-likeness (QED) is 0.691. The van der Waals surface area contributed by atoms with Gasteiger partial charge in [-0.15, -0.1) is 0 Å². The minimum absolute atomic E-state index is 0.0499. The summed E-state index contributed by atoms with van der Waals surface area (Å²) in [5.74, 6) is 1.75. The van der Waals surface area contributed by atoms with Crippen molar-refractivity contribution in [3.8, 4) is 11.3 Å². The zero-order valence-corrected chi connectivity index (χ0v) is 20.0. The zero-order chi connectivity index (χ0) is 22.6. The average Bonchev–Trinajstić information content (AvgIpc) is 3.19. The molecule has 1 aliphatic rings. The minimum Gasteiger partial charge on any atom is -0.387 e. The van der Waals surface area contributed by atoms with Crippen LogP contribution in [-0.4, -0.2) is 53.7 Å². The Hall–Kier alpha value is -2.34. The molecule has 1 aromatic carbocycles. The maximum Gasteiger partial charge on any atom is 0.255 e. The van der Waals surface area contributed by atoms with Gasteiger partial charge in [0, 0.05) is 62.8 Å². The highest BCUT2D eigenvalue weighted by Crippen LogP contribution is 2.31. The van der Waals surface area contributed by atoms with Crippen LogP contribution in [0.15, 0.2) is 24.4 Å². The molecule has 1 N–H and O–H groups in total. The summed E-state index contributed by atoms with van der Waals surface area (Å²) in [5, 5.41) is 3.17. The van der Waals surface area contributed by atoms with Gasteiger partial charge in [-0.05, 0) is 44.7 Å². The lowest BCUT2D eigenvalue weighted by molar-refractivity contribution is 0.0607. The molecule has 0 spiro atoms. The Balaban J connectivity index is 1.99. The molecule has 0 aliphatic carbocycles. The molecule has 1 saturated heterocycles. The summed E-state index contributed by atoms with van der Waals surface area (Å²) in [6, 6.07) is 6.03. The number of hydrogen-bond acceptors (Lipinski definition) is 4. The lowest BCUT2D eigenvalue weighted by atomic mass is 9.94. The van der Waals surface area contributed by atoms with Gasteiger partial charge in [-0.1, -0.05) is 26.8 Å². The largest absolute Gasteiger partial charge is 0.387 e. The van der Waals surface area contributed by atoms with Crippen molar-refractivity contribution in [1.82, 2.24) is 14.5 Å². The van der Waals surface area contributed by atoms with E-state index in [4.69, 9.17) is 9.72 Å². The first-order valence-corrected chi connectivity index (χ1v) is 11.5. The van der Waals surface area contributed by atoms with E-state index in [-0.39, 0.29) is 11.3 Å². The van der Waals surface area contributed by atoms with Gasteiger partial charge in [-0.2, -0.15) is 0 Å². The number of rotatable bonds is 7. The molecule has 31 heavy (non-hydrogen) atoms. The Morgan fingerprint density at radius 2 is 1.90 bits per heavy atom. The Morgan fingerprint density at radius 1 is 1.23 bits per heavy atom. The van der Waals surface area contributed by atoms with E-state index < -0.39 is 0 Å². The van der Waals surface area contributed by atoms with Gasteiger partial charge in [-0.25, -0.2) is 4.98 Å². The third-order valence-electron chi connectivity index (χ3n) is 6.11. The Kier molecular flexibility index (Phi) is 7.42. The molecular formula is C25H38N4O2. The van der Waals surface area contributed by atoms with Gasteiger partial charge in [0.15, 0.2) is 0 Å². The smallest absolute Gasteiger partial charge is 0.255 e. The van der Waals surface area contributed by atoms with Gasteiger partial charge in [-0.3, -0.25) is 4.79 Å². The monoisotopic (exact) mass is 426 g/mol. The predicted molar refractivity (Wildman–Crippen MR) is 127 cm³/mol. The number of carbonyl (C=O) groups excluding carboxylic acids is 1. The predicted octanol–water partition coefficient (Wildman–Crippen LogP) is 4.80. The van der Waals surface area contributed by atoms with E-state index >= 15 is 0 Å². The lowest BCUT2D eigenvalue weighted by Crippen LogP contribution is -2.31. The number of amides is 1. The van der Waals surface area contributed by atoms with Crippen molar-refractivity contribution in [2.45, 2.75) is 59.4 Å². The van der Waals surface area contributed by atoms with Crippen molar-refractivity contribution in [2.75, 3.05) is 38.7 Å². The maximum absolute atomic E-state index is 13.1. The molecule has 0 unspecified atom stereocenters. The number of anilines is 1. The number of ether oxygens (including phenoxy) is 1. The van der Waals surface area contributed by atoms with E-state index in [0.29, 0.717) is 24.6 Å². The van der Waals surface area contributed by atoms with Crippen molar-refractivity contribution in [1.29, 1.82) is 0 Å². The summed E-state index contributed by atoms with van der Waals surface area (Å²) in [7, 11) is 1.86. The number of imidazole rings is 1. The highest BCUT2D eigenvalue weighted by molar-refractivity contribution is 6.00. The summed E-state index contributed by atoms with van der Waals surface area (Å²) in [6.45, 7) is 14.7. The van der Waals surface area contributed by atoms with Crippen molar-refractivity contribution in [2.24, 2.45) is 5.92 Å². The number of benzene rings is 1. The summed E-state index contributed by atoms with van der Waals surface area (Å²) in [6.07, 6.45) is 4.35.